The Labute approximate surface area is 270 Å². The average molecular weight is 661 g/mol. The number of ether oxygens (including phenoxy) is 3. The normalized spacial score (nSPS) is 13.1. The fourth-order valence-corrected chi connectivity index (χ4v) is 5.18. The zero-order valence-electron chi connectivity index (χ0n) is 24.4. The smallest absolute Gasteiger partial charge is 0.271 e. The van der Waals surface area contributed by atoms with Gasteiger partial charge in [0.25, 0.3) is 5.69 Å². The third-order valence-electron chi connectivity index (χ3n) is 7.65. The molecular formula is C33H23ClF2N4O7. The van der Waals surface area contributed by atoms with Crippen LogP contribution in [-0.2, 0) is 9.59 Å². The lowest BCUT2D eigenvalue weighted by Gasteiger charge is -2.26. The molecule has 5 aromatic rings. The quantitative estimate of drug-likeness (QED) is 0.0915. The number of carbonyl (C=O) groups excluding carboxylic acids is 2. The predicted octanol–water partition coefficient (Wildman–Crippen LogP) is 7.60. The van der Waals surface area contributed by atoms with Gasteiger partial charge in [-0.15, -0.1) is 0 Å². The molecule has 11 nitrogen and oxygen atoms in total. The summed E-state index contributed by atoms with van der Waals surface area (Å²) < 4.78 is 46.7. The molecule has 14 heteroatoms. The summed E-state index contributed by atoms with van der Waals surface area (Å²) in [6, 6.07) is 17.1. The highest BCUT2D eigenvalue weighted by atomic mass is 35.5. The Kier molecular flexibility index (Phi) is 8.07. The molecule has 0 bridgehead atoms. The number of hydrogen-bond acceptors (Lipinski definition) is 8. The molecule has 0 radical (unpaired) electrons. The molecule has 0 aliphatic heterocycles. The highest BCUT2D eigenvalue weighted by Crippen LogP contribution is 2.49. The highest BCUT2D eigenvalue weighted by Gasteiger charge is 2.57. The van der Waals surface area contributed by atoms with Gasteiger partial charge in [-0.25, -0.2) is 8.78 Å². The van der Waals surface area contributed by atoms with E-state index < -0.39 is 33.8 Å². The van der Waals surface area contributed by atoms with Crippen LogP contribution < -0.4 is 24.8 Å². The lowest BCUT2D eigenvalue weighted by molar-refractivity contribution is -0.384. The van der Waals surface area contributed by atoms with Gasteiger partial charge in [0.1, 0.15) is 22.7 Å². The second-order valence-corrected chi connectivity index (χ2v) is 11.0. The second kappa shape index (κ2) is 12.2. The van der Waals surface area contributed by atoms with Crippen molar-refractivity contribution in [3.05, 3.63) is 112 Å². The molecule has 0 atom stereocenters. The minimum atomic E-state index is -1.44. The Morgan fingerprint density at radius 3 is 2.19 bits per heavy atom. The van der Waals surface area contributed by atoms with Gasteiger partial charge in [0.15, 0.2) is 23.1 Å². The standard InChI is InChI=1S/C33H23ClF2N4O7/c1-45-29-17-25-22(16-30(29)47-27-8-7-21(40(43)44)14-23(27)34)26(10-13-38-25)46-28-9-6-20(15-24(28)36)39(19-4-2-18(35)3-5-19)32(42)33(11-12-33)31(37)41/h2-10,13-17H,11-12H2,1H3,(H2,37,41). The van der Waals surface area contributed by atoms with Crippen LogP contribution in [0, 0.1) is 27.2 Å². The molecular weight excluding hydrogens is 638 g/mol. The first-order valence-electron chi connectivity index (χ1n) is 14.0. The van der Waals surface area contributed by atoms with Crippen molar-refractivity contribution in [1.29, 1.82) is 0 Å². The van der Waals surface area contributed by atoms with Crippen molar-refractivity contribution in [3.8, 4) is 28.7 Å². The van der Waals surface area contributed by atoms with Gasteiger partial charge in [-0.05, 0) is 67.4 Å². The fourth-order valence-electron chi connectivity index (χ4n) is 4.97. The largest absolute Gasteiger partial charge is 0.493 e. The molecule has 4 aromatic carbocycles. The topological polar surface area (TPSA) is 147 Å². The molecule has 47 heavy (non-hydrogen) atoms. The number of nitrogens with zero attached hydrogens (tertiary/aromatic N) is 3. The summed E-state index contributed by atoms with van der Waals surface area (Å²) in [5.41, 5.74) is 4.58. The van der Waals surface area contributed by atoms with Crippen LogP contribution in [0.5, 0.6) is 28.7 Å². The first-order valence-corrected chi connectivity index (χ1v) is 14.3. The number of hydrogen-bond donors (Lipinski definition) is 1. The molecule has 1 aliphatic carbocycles. The molecule has 2 N–H and O–H groups in total. The summed E-state index contributed by atoms with van der Waals surface area (Å²) in [4.78, 5) is 41.7. The lowest BCUT2D eigenvalue weighted by atomic mass is 10.0. The van der Waals surface area contributed by atoms with Gasteiger partial charge in [-0.3, -0.25) is 29.6 Å². The zero-order valence-corrected chi connectivity index (χ0v) is 25.2. The van der Waals surface area contributed by atoms with E-state index in [2.05, 4.69) is 4.98 Å². The Morgan fingerprint density at radius 1 is 0.894 bits per heavy atom. The molecule has 2 amide bonds. The minimum Gasteiger partial charge on any atom is -0.493 e. The number of amides is 2. The zero-order chi connectivity index (χ0) is 33.5. The third-order valence-corrected chi connectivity index (χ3v) is 7.94. The Bertz CT molecular complexity index is 2070. The van der Waals surface area contributed by atoms with Crippen LogP contribution in [-0.4, -0.2) is 28.8 Å². The number of carbonyl (C=O) groups is 2. The number of benzene rings is 4. The highest BCUT2D eigenvalue weighted by molar-refractivity contribution is 6.32. The van der Waals surface area contributed by atoms with Crippen molar-refractivity contribution in [2.45, 2.75) is 12.8 Å². The fraction of sp³-hybridized carbons (Fsp3) is 0.121. The van der Waals surface area contributed by atoms with Gasteiger partial charge >= 0.3 is 0 Å². The Hall–Kier alpha value is -5.82. The van der Waals surface area contributed by atoms with Crippen LogP contribution in [0.25, 0.3) is 10.9 Å². The van der Waals surface area contributed by atoms with Crippen LogP contribution in [0.1, 0.15) is 12.8 Å². The number of nitrogens with two attached hydrogens (primary N) is 1. The number of fused-ring (bicyclic) bond motifs is 1. The van der Waals surface area contributed by atoms with Crippen LogP contribution in [0.2, 0.25) is 5.02 Å². The van der Waals surface area contributed by atoms with Crippen molar-refractivity contribution < 1.29 is 37.5 Å². The molecule has 1 aliphatic rings. The number of pyridine rings is 1. The van der Waals surface area contributed by atoms with Gasteiger partial charge in [-0.2, -0.15) is 0 Å². The maximum Gasteiger partial charge on any atom is 0.271 e. The maximum atomic E-state index is 15.7. The number of primary amides is 1. The summed E-state index contributed by atoms with van der Waals surface area (Å²) >= 11 is 6.22. The van der Waals surface area contributed by atoms with Crippen molar-refractivity contribution in [1.82, 2.24) is 4.98 Å². The number of methoxy groups -OCH3 is 1. The van der Waals surface area contributed by atoms with E-state index in [4.69, 9.17) is 31.5 Å². The van der Waals surface area contributed by atoms with Crippen molar-refractivity contribution >= 4 is 51.4 Å². The van der Waals surface area contributed by atoms with Crippen LogP contribution >= 0.6 is 11.6 Å². The van der Waals surface area contributed by atoms with E-state index in [0.717, 1.165) is 29.2 Å². The van der Waals surface area contributed by atoms with Crippen molar-refractivity contribution in [2.75, 3.05) is 12.0 Å². The molecule has 1 aromatic heterocycles. The van der Waals surface area contributed by atoms with E-state index in [-0.39, 0.29) is 63.7 Å². The van der Waals surface area contributed by atoms with E-state index in [1.807, 2.05) is 0 Å². The molecule has 1 heterocycles. The minimum absolute atomic E-state index is 0.0113. The number of aromatic nitrogens is 1. The van der Waals surface area contributed by atoms with Crippen molar-refractivity contribution in [3.63, 3.8) is 0 Å². The molecule has 0 unspecified atom stereocenters. The molecule has 6 rings (SSSR count). The number of nitro benzene ring substituents is 1. The van der Waals surface area contributed by atoms with Crippen LogP contribution in [0.15, 0.2) is 85.1 Å². The van der Waals surface area contributed by atoms with Gasteiger partial charge in [0.05, 0.1) is 28.3 Å². The second-order valence-electron chi connectivity index (χ2n) is 10.6. The molecule has 1 fully saturated rings. The molecule has 0 saturated heterocycles. The lowest BCUT2D eigenvalue weighted by Crippen LogP contribution is -2.41. The summed E-state index contributed by atoms with van der Waals surface area (Å²) in [6.45, 7) is 0. The van der Waals surface area contributed by atoms with E-state index in [9.17, 15) is 24.1 Å². The number of non-ortho nitro benzene ring substituents is 1. The first-order chi connectivity index (χ1) is 22.5. The number of rotatable bonds is 10. The van der Waals surface area contributed by atoms with Crippen molar-refractivity contribution in [2.24, 2.45) is 11.1 Å². The molecule has 238 valence electrons. The average Bonchev–Trinajstić information content (AvgIpc) is 3.87. The molecule has 0 spiro atoms. The van der Waals surface area contributed by atoms with E-state index in [1.165, 1.54) is 61.8 Å². The van der Waals surface area contributed by atoms with E-state index in [0.29, 0.717) is 10.9 Å². The predicted molar refractivity (Wildman–Crippen MR) is 167 cm³/mol. The van der Waals surface area contributed by atoms with Crippen LogP contribution in [0.3, 0.4) is 0 Å². The van der Waals surface area contributed by atoms with Gasteiger partial charge in [0.2, 0.25) is 11.8 Å². The Balaban J connectivity index is 1.34. The Morgan fingerprint density at radius 2 is 1.57 bits per heavy atom. The maximum absolute atomic E-state index is 15.7. The molecule has 1 saturated carbocycles. The first kappa shape index (κ1) is 31.2. The summed E-state index contributed by atoms with van der Waals surface area (Å²) in [7, 11) is 1.41. The number of halogens is 3. The monoisotopic (exact) mass is 660 g/mol. The number of anilines is 2. The van der Waals surface area contributed by atoms with E-state index >= 15 is 4.39 Å². The van der Waals surface area contributed by atoms with Gasteiger partial charge < -0.3 is 19.9 Å². The van der Waals surface area contributed by atoms with E-state index in [1.54, 1.807) is 6.07 Å². The SMILES string of the molecule is COc1cc2nccc(Oc3ccc(N(C(=O)C4(C(N)=O)CC4)c4ccc(F)cc4)cc3F)c2cc1Oc1ccc([N+](=O)[O-])cc1Cl. The van der Waals surface area contributed by atoms with Gasteiger partial charge in [-0.1, -0.05) is 11.6 Å². The number of nitro groups is 1. The summed E-state index contributed by atoms with van der Waals surface area (Å²) in [6.07, 6.45) is 1.93. The van der Waals surface area contributed by atoms with Gasteiger partial charge in [0, 0.05) is 41.5 Å². The summed E-state index contributed by atoms with van der Waals surface area (Å²) in [5, 5.41) is 11.5. The van der Waals surface area contributed by atoms with Crippen LogP contribution in [0.4, 0.5) is 25.8 Å². The third kappa shape index (κ3) is 5.95. The summed E-state index contributed by atoms with van der Waals surface area (Å²) in [5.74, 6) is -2.31.